The minimum absolute atomic E-state index is 0.0882. The molecule has 1 aromatic carbocycles. The molecule has 3 aromatic rings. The number of fused-ring (bicyclic) bond motifs is 1. The highest BCUT2D eigenvalue weighted by atomic mass is 35.5. The largest absolute Gasteiger partial charge is 0.452 e. The van der Waals surface area contributed by atoms with E-state index in [1.807, 2.05) is 18.4 Å². The van der Waals surface area contributed by atoms with Gasteiger partial charge in [-0.25, -0.2) is 0 Å². The van der Waals surface area contributed by atoms with Gasteiger partial charge in [-0.3, -0.25) is 4.79 Å². The number of ketones is 1. The third kappa shape index (κ3) is 1.76. The predicted molar refractivity (Wildman–Crippen MR) is 73.7 cm³/mol. The van der Waals surface area contributed by atoms with Gasteiger partial charge in [-0.1, -0.05) is 17.7 Å². The number of furan rings is 1. The van der Waals surface area contributed by atoms with Crippen molar-refractivity contribution in [2.24, 2.45) is 0 Å². The molecule has 4 heteroatoms. The lowest BCUT2D eigenvalue weighted by molar-refractivity contribution is 0.101. The normalized spacial score (nSPS) is 11.0. The summed E-state index contributed by atoms with van der Waals surface area (Å²) in [5.41, 5.74) is 1.61. The number of aryl methyl sites for hydroxylation is 1. The topological polar surface area (TPSA) is 30.2 Å². The Balaban J connectivity index is 2.13. The van der Waals surface area contributed by atoms with Gasteiger partial charge < -0.3 is 4.42 Å². The molecule has 2 heterocycles. The van der Waals surface area contributed by atoms with Gasteiger partial charge in [0.2, 0.25) is 5.78 Å². The van der Waals surface area contributed by atoms with Gasteiger partial charge in [0.15, 0.2) is 5.76 Å². The minimum Gasteiger partial charge on any atom is -0.452 e. The fourth-order valence-electron chi connectivity index (χ4n) is 1.85. The number of hydrogen-bond acceptors (Lipinski definition) is 3. The lowest BCUT2D eigenvalue weighted by atomic mass is 10.2. The van der Waals surface area contributed by atoms with E-state index in [9.17, 15) is 4.79 Å². The second-order valence-corrected chi connectivity index (χ2v) is 5.35. The zero-order chi connectivity index (χ0) is 12.7. The molecule has 0 aliphatic rings. The zero-order valence-corrected chi connectivity index (χ0v) is 11.1. The van der Waals surface area contributed by atoms with Crippen molar-refractivity contribution >= 4 is 39.7 Å². The van der Waals surface area contributed by atoms with Crippen LogP contribution in [0.4, 0.5) is 0 Å². The molecule has 0 unspecified atom stereocenters. The Bertz CT molecular complexity index is 739. The second-order valence-electron chi connectivity index (χ2n) is 4.02. The molecule has 0 N–H and O–H groups in total. The maximum Gasteiger partial charge on any atom is 0.238 e. The molecule has 0 aliphatic heterocycles. The van der Waals surface area contributed by atoms with E-state index in [1.165, 1.54) is 11.3 Å². The maximum atomic E-state index is 12.3. The molecule has 0 radical (unpaired) electrons. The standard InChI is InChI=1S/C14H9ClO2S/c1-8-5-6-18-14(8)13(16)12-7-9-10(15)3-2-4-11(9)17-12/h2-7H,1H3. The summed E-state index contributed by atoms with van der Waals surface area (Å²) in [4.78, 5) is 13.0. The molecular weight excluding hydrogens is 268 g/mol. The molecule has 0 amide bonds. The first-order valence-electron chi connectivity index (χ1n) is 5.43. The van der Waals surface area contributed by atoms with Crippen molar-refractivity contribution in [2.75, 3.05) is 0 Å². The summed E-state index contributed by atoms with van der Waals surface area (Å²) in [6.07, 6.45) is 0. The first-order valence-corrected chi connectivity index (χ1v) is 6.69. The van der Waals surface area contributed by atoms with Crippen molar-refractivity contribution in [1.82, 2.24) is 0 Å². The summed E-state index contributed by atoms with van der Waals surface area (Å²) in [5.74, 6) is 0.249. The van der Waals surface area contributed by atoms with Crippen LogP contribution in [0.25, 0.3) is 11.0 Å². The van der Waals surface area contributed by atoms with Crippen molar-refractivity contribution in [2.45, 2.75) is 6.92 Å². The third-order valence-corrected chi connectivity index (χ3v) is 4.15. The van der Waals surface area contributed by atoms with Crippen LogP contribution >= 0.6 is 22.9 Å². The highest BCUT2D eigenvalue weighted by molar-refractivity contribution is 7.12. The van der Waals surface area contributed by atoms with Crippen molar-refractivity contribution < 1.29 is 9.21 Å². The highest BCUT2D eigenvalue weighted by Gasteiger charge is 2.18. The van der Waals surface area contributed by atoms with Gasteiger partial charge in [0, 0.05) is 5.39 Å². The first-order chi connectivity index (χ1) is 8.66. The lowest BCUT2D eigenvalue weighted by Gasteiger charge is -1.94. The number of halogens is 1. The van der Waals surface area contributed by atoms with E-state index in [0.717, 1.165) is 10.9 Å². The van der Waals surface area contributed by atoms with Crippen LogP contribution in [-0.4, -0.2) is 5.78 Å². The summed E-state index contributed by atoms with van der Waals surface area (Å²) < 4.78 is 5.56. The molecule has 2 nitrogen and oxygen atoms in total. The highest BCUT2D eigenvalue weighted by Crippen LogP contribution is 2.29. The molecule has 0 atom stereocenters. The zero-order valence-electron chi connectivity index (χ0n) is 9.57. The quantitative estimate of drug-likeness (QED) is 0.636. The average molecular weight is 277 g/mol. The number of carbonyl (C=O) groups excluding carboxylic acids is 1. The van der Waals surface area contributed by atoms with E-state index >= 15 is 0 Å². The summed E-state index contributed by atoms with van der Waals surface area (Å²) in [7, 11) is 0. The van der Waals surface area contributed by atoms with Gasteiger partial charge in [-0.15, -0.1) is 11.3 Å². The van der Waals surface area contributed by atoms with E-state index in [-0.39, 0.29) is 5.78 Å². The summed E-state index contributed by atoms with van der Waals surface area (Å²) in [5, 5.41) is 3.27. The van der Waals surface area contributed by atoms with Gasteiger partial charge in [0.25, 0.3) is 0 Å². The Hall–Kier alpha value is -1.58. The Kier molecular flexibility index (Phi) is 2.73. The predicted octanol–water partition coefficient (Wildman–Crippen LogP) is 4.69. The minimum atomic E-state index is -0.0882. The molecule has 0 bridgehead atoms. The number of benzene rings is 1. The second kappa shape index (κ2) is 4.26. The Morgan fingerprint density at radius 1 is 1.33 bits per heavy atom. The van der Waals surface area contributed by atoms with Gasteiger partial charge in [0.05, 0.1) is 9.90 Å². The average Bonchev–Trinajstić information content (AvgIpc) is 2.95. The van der Waals surface area contributed by atoms with Crippen LogP contribution in [0.3, 0.4) is 0 Å². The fraction of sp³-hybridized carbons (Fsp3) is 0.0714. The monoisotopic (exact) mass is 276 g/mol. The Labute approximate surface area is 113 Å². The molecule has 0 saturated carbocycles. The summed E-state index contributed by atoms with van der Waals surface area (Å²) in [6.45, 7) is 1.92. The number of thiophene rings is 1. The molecule has 3 rings (SSSR count). The van der Waals surface area contributed by atoms with Crippen LogP contribution in [0.2, 0.25) is 5.02 Å². The smallest absolute Gasteiger partial charge is 0.238 e. The van der Waals surface area contributed by atoms with E-state index in [0.29, 0.717) is 21.2 Å². The molecule has 0 spiro atoms. The SMILES string of the molecule is Cc1ccsc1C(=O)c1cc2c(Cl)cccc2o1. The summed E-state index contributed by atoms with van der Waals surface area (Å²) >= 11 is 7.49. The van der Waals surface area contributed by atoms with E-state index in [1.54, 1.807) is 24.3 Å². The molecule has 18 heavy (non-hydrogen) atoms. The Morgan fingerprint density at radius 2 is 2.17 bits per heavy atom. The van der Waals surface area contributed by atoms with Gasteiger partial charge in [0.1, 0.15) is 5.58 Å². The molecule has 0 saturated heterocycles. The number of rotatable bonds is 2. The molecular formula is C14H9ClO2S. The van der Waals surface area contributed by atoms with Crippen LogP contribution in [0.5, 0.6) is 0 Å². The van der Waals surface area contributed by atoms with Gasteiger partial charge in [-0.2, -0.15) is 0 Å². The Morgan fingerprint density at radius 3 is 2.83 bits per heavy atom. The van der Waals surface area contributed by atoms with E-state index in [4.69, 9.17) is 16.0 Å². The fourth-order valence-corrected chi connectivity index (χ4v) is 2.94. The van der Waals surface area contributed by atoms with Crippen LogP contribution in [0.1, 0.15) is 21.0 Å². The van der Waals surface area contributed by atoms with Crippen LogP contribution in [0.15, 0.2) is 40.1 Å². The first kappa shape index (κ1) is 11.5. The third-order valence-electron chi connectivity index (χ3n) is 2.80. The molecule has 2 aromatic heterocycles. The van der Waals surface area contributed by atoms with Crippen molar-refractivity contribution in [3.8, 4) is 0 Å². The molecule has 0 fully saturated rings. The van der Waals surface area contributed by atoms with Gasteiger partial charge in [-0.05, 0) is 42.1 Å². The van der Waals surface area contributed by atoms with Crippen molar-refractivity contribution in [1.29, 1.82) is 0 Å². The van der Waals surface area contributed by atoms with Gasteiger partial charge >= 0.3 is 0 Å². The number of hydrogen-bond donors (Lipinski definition) is 0. The van der Waals surface area contributed by atoms with E-state index in [2.05, 4.69) is 0 Å². The molecule has 90 valence electrons. The van der Waals surface area contributed by atoms with Crippen molar-refractivity contribution in [3.63, 3.8) is 0 Å². The van der Waals surface area contributed by atoms with Crippen molar-refractivity contribution in [3.05, 3.63) is 56.9 Å². The molecule has 0 aliphatic carbocycles. The maximum absolute atomic E-state index is 12.3. The van der Waals surface area contributed by atoms with E-state index < -0.39 is 0 Å². The van der Waals surface area contributed by atoms with Crippen LogP contribution < -0.4 is 0 Å². The number of carbonyl (C=O) groups is 1. The summed E-state index contributed by atoms with van der Waals surface area (Å²) in [6, 6.07) is 9.02. The van der Waals surface area contributed by atoms with Crippen LogP contribution in [0, 0.1) is 6.92 Å². The lowest BCUT2D eigenvalue weighted by Crippen LogP contribution is -1.97. The van der Waals surface area contributed by atoms with Crippen LogP contribution in [-0.2, 0) is 0 Å².